The lowest BCUT2D eigenvalue weighted by molar-refractivity contribution is 0.0740. The van der Waals surface area contributed by atoms with E-state index >= 15 is 0 Å². The van der Waals surface area contributed by atoms with Crippen LogP contribution in [0, 0.1) is 13.8 Å². The van der Waals surface area contributed by atoms with Crippen molar-refractivity contribution < 1.29 is 4.79 Å². The van der Waals surface area contributed by atoms with E-state index in [1.165, 1.54) is 0 Å². The summed E-state index contributed by atoms with van der Waals surface area (Å²) in [6, 6.07) is 7.58. The highest BCUT2D eigenvalue weighted by Crippen LogP contribution is 2.19. The number of carbonyl (C=O) groups excluding carboxylic acids is 1. The summed E-state index contributed by atoms with van der Waals surface area (Å²) in [5.74, 6) is 2.13. The summed E-state index contributed by atoms with van der Waals surface area (Å²) >= 11 is 0. The molecular weight excluding hydrogens is 314 g/mol. The third kappa shape index (κ3) is 3.95. The van der Waals surface area contributed by atoms with E-state index in [1.807, 2.05) is 36.9 Å². The van der Waals surface area contributed by atoms with Crippen molar-refractivity contribution >= 4 is 11.7 Å². The first-order chi connectivity index (χ1) is 11.9. The van der Waals surface area contributed by atoms with E-state index in [0.717, 1.165) is 36.1 Å². The molecule has 1 aliphatic heterocycles. The zero-order valence-electron chi connectivity index (χ0n) is 15.4. The van der Waals surface area contributed by atoms with Crippen LogP contribution < -0.4 is 4.90 Å². The molecule has 25 heavy (non-hydrogen) atoms. The molecule has 0 bridgehead atoms. The molecule has 1 saturated heterocycles. The highest BCUT2D eigenvalue weighted by Gasteiger charge is 2.24. The van der Waals surface area contributed by atoms with Crippen molar-refractivity contribution in [3.63, 3.8) is 0 Å². The molecule has 0 atom stereocenters. The summed E-state index contributed by atoms with van der Waals surface area (Å²) < 4.78 is 0. The van der Waals surface area contributed by atoms with Crippen LogP contribution in [0.15, 0.2) is 24.3 Å². The van der Waals surface area contributed by atoms with Crippen LogP contribution in [0.1, 0.15) is 47.5 Å². The Balaban J connectivity index is 1.69. The minimum atomic E-state index is 0.00471. The quantitative estimate of drug-likeness (QED) is 0.860. The van der Waals surface area contributed by atoms with Gasteiger partial charge < -0.3 is 9.80 Å². The van der Waals surface area contributed by atoms with Crippen molar-refractivity contribution in [3.05, 3.63) is 47.2 Å². The molecule has 1 fully saturated rings. The van der Waals surface area contributed by atoms with Gasteiger partial charge in [0.1, 0.15) is 17.3 Å². The number of piperazine rings is 1. The molecule has 0 spiro atoms. The number of amides is 1. The van der Waals surface area contributed by atoms with Crippen LogP contribution in [0.25, 0.3) is 0 Å². The Bertz CT molecular complexity index is 766. The topological polar surface area (TPSA) is 62.2 Å². The molecule has 0 aromatic carbocycles. The minimum absolute atomic E-state index is 0.00471. The molecule has 3 heterocycles. The second kappa shape index (κ2) is 7.17. The van der Waals surface area contributed by atoms with Gasteiger partial charge >= 0.3 is 0 Å². The zero-order valence-corrected chi connectivity index (χ0v) is 15.4. The van der Waals surface area contributed by atoms with E-state index < -0.39 is 0 Å². The number of anilines is 1. The van der Waals surface area contributed by atoms with Crippen LogP contribution in [0.3, 0.4) is 0 Å². The first-order valence-corrected chi connectivity index (χ1v) is 8.77. The Morgan fingerprint density at radius 1 is 1.00 bits per heavy atom. The molecule has 0 saturated carbocycles. The lowest BCUT2D eigenvalue weighted by Gasteiger charge is -2.35. The van der Waals surface area contributed by atoms with Crippen molar-refractivity contribution in [3.8, 4) is 0 Å². The molecule has 3 rings (SSSR count). The van der Waals surface area contributed by atoms with Crippen LogP contribution >= 0.6 is 0 Å². The molecule has 1 amide bonds. The number of carbonyl (C=O) groups is 1. The number of hydrogen-bond donors (Lipinski definition) is 0. The van der Waals surface area contributed by atoms with Crippen LogP contribution in [0.4, 0.5) is 5.82 Å². The van der Waals surface area contributed by atoms with Crippen molar-refractivity contribution in [2.45, 2.75) is 33.6 Å². The predicted molar refractivity (Wildman–Crippen MR) is 97.9 cm³/mol. The Hall–Kier alpha value is -2.50. The largest absolute Gasteiger partial charge is 0.353 e. The molecule has 2 aromatic rings. The Morgan fingerprint density at radius 2 is 1.72 bits per heavy atom. The smallest absolute Gasteiger partial charge is 0.272 e. The van der Waals surface area contributed by atoms with Gasteiger partial charge in [-0.3, -0.25) is 4.79 Å². The van der Waals surface area contributed by atoms with Crippen molar-refractivity contribution in [2.24, 2.45) is 0 Å². The Morgan fingerprint density at radius 3 is 2.36 bits per heavy atom. The third-order valence-corrected chi connectivity index (χ3v) is 4.37. The fourth-order valence-corrected chi connectivity index (χ4v) is 2.96. The minimum Gasteiger partial charge on any atom is -0.353 e. The summed E-state index contributed by atoms with van der Waals surface area (Å²) in [6.45, 7) is 11.0. The molecule has 1 aliphatic rings. The van der Waals surface area contributed by atoms with E-state index in [4.69, 9.17) is 4.98 Å². The highest BCUT2D eigenvalue weighted by atomic mass is 16.2. The van der Waals surface area contributed by atoms with Crippen LogP contribution in [0.5, 0.6) is 0 Å². The van der Waals surface area contributed by atoms with Gasteiger partial charge in [0.2, 0.25) is 0 Å². The van der Waals surface area contributed by atoms with E-state index in [9.17, 15) is 4.79 Å². The molecule has 0 unspecified atom stereocenters. The molecule has 0 N–H and O–H groups in total. The highest BCUT2D eigenvalue weighted by molar-refractivity contribution is 5.92. The van der Waals surface area contributed by atoms with E-state index in [0.29, 0.717) is 24.7 Å². The molecule has 6 heteroatoms. The normalized spacial score (nSPS) is 14.9. The summed E-state index contributed by atoms with van der Waals surface area (Å²) in [6.07, 6.45) is 0. The number of aromatic nitrogens is 3. The number of hydrogen-bond acceptors (Lipinski definition) is 5. The number of nitrogens with zero attached hydrogens (tertiary/aromatic N) is 5. The fraction of sp³-hybridized carbons (Fsp3) is 0.474. The van der Waals surface area contributed by atoms with Gasteiger partial charge in [0.15, 0.2) is 0 Å². The van der Waals surface area contributed by atoms with Gasteiger partial charge in [-0.2, -0.15) is 0 Å². The lowest BCUT2D eigenvalue weighted by atomic mass is 10.2. The van der Waals surface area contributed by atoms with Gasteiger partial charge in [0, 0.05) is 49.6 Å². The summed E-state index contributed by atoms with van der Waals surface area (Å²) in [5, 5.41) is 0. The maximum absolute atomic E-state index is 12.6. The van der Waals surface area contributed by atoms with Crippen molar-refractivity contribution in [1.82, 2.24) is 19.9 Å². The second-order valence-electron chi connectivity index (χ2n) is 6.82. The predicted octanol–water partition coefficient (Wildman–Crippen LogP) is 2.57. The van der Waals surface area contributed by atoms with Crippen molar-refractivity contribution in [2.75, 3.05) is 31.1 Å². The summed E-state index contributed by atoms with van der Waals surface area (Å²) in [7, 11) is 0. The number of rotatable bonds is 3. The first kappa shape index (κ1) is 17.3. The average molecular weight is 339 g/mol. The number of aryl methyl sites for hydroxylation is 2. The number of pyridine rings is 1. The van der Waals surface area contributed by atoms with E-state index in [1.54, 1.807) is 6.07 Å². The molecule has 0 radical (unpaired) electrons. The summed E-state index contributed by atoms with van der Waals surface area (Å²) in [4.78, 5) is 30.3. The first-order valence-electron chi connectivity index (χ1n) is 8.77. The van der Waals surface area contributed by atoms with Crippen LogP contribution in [-0.2, 0) is 0 Å². The standard InChI is InChI=1S/C19H25N5O/c1-13(2)18-21-15(4)12-17(22-18)23-8-10-24(11-9-23)19(25)16-7-5-6-14(3)20-16/h5-7,12-13H,8-11H2,1-4H3. The van der Waals surface area contributed by atoms with Crippen molar-refractivity contribution in [1.29, 1.82) is 0 Å². The Kier molecular flexibility index (Phi) is 4.97. The fourth-order valence-electron chi connectivity index (χ4n) is 2.96. The maximum Gasteiger partial charge on any atom is 0.272 e. The maximum atomic E-state index is 12.6. The molecular formula is C19H25N5O. The van der Waals surface area contributed by atoms with E-state index in [-0.39, 0.29) is 5.91 Å². The lowest BCUT2D eigenvalue weighted by Crippen LogP contribution is -2.49. The zero-order chi connectivity index (χ0) is 18.0. The van der Waals surface area contributed by atoms with E-state index in [2.05, 4.69) is 28.7 Å². The van der Waals surface area contributed by atoms with Gasteiger partial charge in [-0.05, 0) is 26.0 Å². The van der Waals surface area contributed by atoms with Gasteiger partial charge in [-0.1, -0.05) is 19.9 Å². The van der Waals surface area contributed by atoms with Crippen LogP contribution in [0.2, 0.25) is 0 Å². The molecule has 6 nitrogen and oxygen atoms in total. The van der Waals surface area contributed by atoms with Gasteiger partial charge in [-0.25, -0.2) is 15.0 Å². The monoisotopic (exact) mass is 339 g/mol. The SMILES string of the molecule is Cc1cccc(C(=O)N2CCN(c3cc(C)nc(C(C)C)n3)CC2)n1. The third-order valence-electron chi connectivity index (χ3n) is 4.37. The summed E-state index contributed by atoms with van der Waals surface area (Å²) in [5.41, 5.74) is 2.37. The molecule has 132 valence electrons. The van der Waals surface area contributed by atoms with Gasteiger partial charge in [0.25, 0.3) is 5.91 Å². The second-order valence-corrected chi connectivity index (χ2v) is 6.82. The average Bonchev–Trinajstić information content (AvgIpc) is 2.60. The molecule has 2 aromatic heterocycles. The van der Waals surface area contributed by atoms with Gasteiger partial charge in [-0.15, -0.1) is 0 Å². The van der Waals surface area contributed by atoms with Gasteiger partial charge in [0.05, 0.1) is 0 Å². The Labute approximate surface area is 148 Å². The molecule has 0 aliphatic carbocycles. The van der Waals surface area contributed by atoms with Crippen LogP contribution in [-0.4, -0.2) is 51.9 Å².